The van der Waals surface area contributed by atoms with Gasteiger partial charge in [-0.05, 0) is 37.0 Å². The molecule has 2 rings (SSSR count). The van der Waals surface area contributed by atoms with Crippen LogP contribution in [0.1, 0.15) is 29.6 Å². The van der Waals surface area contributed by atoms with Gasteiger partial charge in [-0.1, -0.05) is 18.0 Å². The molecule has 0 saturated heterocycles. The number of hydrogen-bond acceptors (Lipinski definition) is 3. The van der Waals surface area contributed by atoms with Crippen molar-refractivity contribution in [1.29, 1.82) is 0 Å². The molecule has 2 atom stereocenters. The molecule has 0 bridgehead atoms. The largest absolute Gasteiger partial charge is 0.508 e. The van der Waals surface area contributed by atoms with Crippen LogP contribution in [0.25, 0.3) is 0 Å². The maximum Gasteiger partial charge on any atom is 0.252 e. The summed E-state index contributed by atoms with van der Waals surface area (Å²) < 4.78 is 0. The highest BCUT2D eigenvalue weighted by atomic mass is 35.5. The Hall–Kier alpha value is -1.26. The molecule has 1 amide bonds. The number of amides is 1. The van der Waals surface area contributed by atoms with Crippen molar-refractivity contribution in [2.75, 3.05) is 6.54 Å². The monoisotopic (exact) mass is 268 g/mol. The molecule has 2 unspecified atom stereocenters. The van der Waals surface area contributed by atoms with Gasteiger partial charge in [-0.2, -0.15) is 0 Å². The summed E-state index contributed by atoms with van der Waals surface area (Å²) in [5.74, 6) is 0.0992. The lowest BCUT2D eigenvalue weighted by molar-refractivity contribution is 0.0946. The average molecular weight is 269 g/mol. The number of benzene rings is 1. The van der Waals surface area contributed by atoms with E-state index in [0.29, 0.717) is 23.0 Å². The van der Waals surface area contributed by atoms with E-state index in [1.165, 1.54) is 18.2 Å². The van der Waals surface area contributed by atoms with Gasteiger partial charge in [0.25, 0.3) is 5.91 Å². The number of nitrogens with two attached hydrogens (primary N) is 1. The summed E-state index contributed by atoms with van der Waals surface area (Å²) in [7, 11) is 0. The van der Waals surface area contributed by atoms with Crippen LogP contribution in [0.15, 0.2) is 18.2 Å². The van der Waals surface area contributed by atoms with E-state index in [1.807, 2.05) is 0 Å². The van der Waals surface area contributed by atoms with Gasteiger partial charge in [0.15, 0.2) is 0 Å². The Bertz CT molecular complexity index is 451. The van der Waals surface area contributed by atoms with Crippen molar-refractivity contribution in [2.24, 2.45) is 11.7 Å². The summed E-state index contributed by atoms with van der Waals surface area (Å²) in [4.78, 5) is 11.9. The van der Waals surface area contributed by atoms with E-state index in [2.05, 4.69) is 5.32 Å². The number of aromatic hydroxyl groups is 1. The van der Waals surface area contributed by atoms with Crippen LogP contribution in [0.3, 0.4) is 0 Å². The third-order valence-electron chi connectivity index (χ3n) is 3.44. The molecule has 1 aliphatic carbocycles. The standard InChI is InChI=1S/C13H17ClN2O2/c14-11-5-4-9(17)6-10(11)13(18)16-7-8-2-1-3-12(8)15/h4-6,8,12,17H,1-3,7,15H2,(H,16,18). The molecule has 0 aromatic heterocycles. The SMILES string of the molecule is NC1CCCC1CNC(=O)c1cc(O)ccc1Cl. The normalized spacial score (nSPS) is 23.0. The topological polar surface area (TPSA) is 75.3 Å². The van der Waals surface area contributed by atoms with E-state index < -0.39 is 0 Å². The van der Waals surface area contributed by atoms with Gasteiger partial charge in [-0.25, -0.2) is 0 Å². The summed E-state index contributed by atoms with van der Waals surface area (Å²) in [6.45, 7) is 0.561. The zero-order valence-corrected chi connectivity index (χ0v) is 10.8. The second kappa shape index (κ2) is 5.59. The molecule has 5 heteroatoms. The van der Waals surface area contributed by atoms with Crippen molar-refractivity contribution < 1.29 is 9.90 Å². The van der Waals surface area contributed by atoms with Crippen LogP contribution in [0.2, 0.25) is 5.02 Å². The summed E-state index contributed by atoms with van der Waals surface area (Å²) in [6, 6.07) is 4.50. The molecule has 1 aromatic rings. The van der Waals surface area contributed by atoms with Gasteiger partial charge < -0.3 is 16.2 Å². The van der Waals surface area contributed by atoms with Crippen molar-refractivity contribution in [3.8, 4) is 5.75 Å². The Morgan fingerprint density at radius 1 is 1.50 bits per heavy atom. The van der Waals surface area contributed by atoms with E-state index in [-0.39, 0.29) is 17.7 Å². The lowest BCUT2D eigenvalue weighted by atomic mass is 10.0. The first kappa shape index (κ1) is 13.2. The Balaban J connectivity index is 1.97. The van der Waals surface area contributed by atoms with Crippen LogP contribution in [-0.4, -0.2) is 23.6 Å². The molecule has 4 nitrogen and oxygen atoms in total. The van der Waals surface area contributed by atoms with Crippen LogP contribution in [0.5, 0.6) is 5.75 Å². The number of rotatable bonds is 3. The van der Waals surface area contributed by atoms with Gasteiger partial charge in [0.2, 0.25) is 0 Å². The molecule has 1 saturated carbocycles. The Morgan fingerprint density at radius 2 is 2.28 bits per heavy atom. The number of hydrogen-bond donors (Lipinski definition) is 3. The Labute approximate surface area is 111 Å². The van der Waals surface area contributed by atoms with Gasteiger partial charge in [0, 0.05) is 12.6 Å². The van der Waals surface area contributed by atoms with Crippen molar-refractivity contribution in [3.63, 3.8) is 0 Å². The van der Waals surface area contributed by atoms with Gasteiger partial charge in [0.1, 0.15) is 5.75 Å². The van der Waals surface area contributed by atoms with Crippen LogP contribution in [0.4, 0.5) is 0 Å². The third kappa shape index (κ3) is 2.94. The molecule has 0 heterocycles. The summed E-state index contributed by atoms with van der Waals surface area (Å²) in [5, 5.41) is 12.5. The lowest BCUT2D eigenvalue weighted by Gasteiger charge is -2.16. The third-order valence-corrected chi connectivity index (χ3v) is 3.77. The fraction of sp³-hybridized carbons (Fsp3) is 0.462. The minimum atomic E-state index is -0.269. The van der Waals surface area contributed by atoms with Crippen molar-refractivity contribution in [3.05, 3.63) is 28.8 Å². The first-order valence-corrected chi connectivity index (χ1v) is 6.48. The lowest BCUT2D eigenvalue weighted by Crippen LogP contribution is -2.36. The highest BCUT2D eigenvalue weighted by Crippen LogP contribution is 2.24. The summed E-state index contributed by atoms with van der Waals surface area (Å²) in [5.41, 5.74) is 6.24. The quantitative estimate of drug-likeness (QED) is 0.784. The predicted octanol–water partition coefficient (Wildman–Crippen LogP) is 1.90. The number of carbonyl (C=O) groups excluding carboxylic acids is 1. The zero-order valence-electron chi connectivity index (χ0n) is 10.0. The minimum absolute atomic E-state index is 0.0297. The highest BCUT2D eigenvalue weighted by molar-refractivity contribution is 6.33. The summed E-state index contributed by atoms with van der Waals surface area (Å²) in [6.07, 6.45) is 3.19. The fourth-order valence-electron chi connectivity index (χ4n) is 2.33. The van der Waals surface area contributed by atoms with Crippen LogP contribution < -0.4 is 11.1 Å². The van der Waals surface area contributed by atoms with E-state index in [0.717, 1.165) is 19.3 Å². The van der Waals surface area contributed by atoms with E-state index >= 15 is 0 Å². The highest BCUT2D eigenvalue weighted by Gasteiger charge is 2.24. The average Bonchev–Trinajstić information content (AvgIpc) is 2.75. The zero-order chi connectivity index (χ0) is 13.1. The smallest absolute Gasteiger partial charge is 0.252 e. The number of halogens is 1. The van der Waals surface area contributed by atoms with E-state index in [9.17, 15) is 9.90 Å². The molecular formula is C13H17ClN2O2. The molecule has 4 N–H and O–H groups in total. The second-order valence-corrected chi connectivity index (χ2v) is 5.14. The van der Waals surface area contributed by atoms with Gasteiger partial charge in [-0.3, -0.25) is 4.79 Å². The van der Waals surface area contributed by atoms with E-state index in [4.69, 9.17) is 17.3 Å². The van der Waals surface area contributed by atoms with Gasteiger partial charge in [-0.15, -0.1) is 0 Å². The molecule has 1 aromatic carbocycles. The number of phenolic OH excluding ortho intramolecular Hbond substituents is 1. The van der Waals surface area contributed by atoms with Crippen LogP contribution >= 0.6 is 11.6 Å². The Morgan fingerprint density at radius 3 is 2.94 bits per heavy atom. The molecule has 98 valence electrons. The molecule has 1 aliphatic rings. The Kier molecular flexibility index (Phi) is 4.09. The number of phenols is 1. The predicted molar refractivity (Wildman–Crippen MR) is 70.8 cm³/mol. The maximum absolute atomic E-state index is 11.9. The van der Waals surface area contributed by atoms with Crippen LogP contribution in [-0.2, 0) is 0 Å². The van der Waals surface area contributed by atoms with Crippen molar-refractivity contribution >= 4 is 17.5 Å². The maximum atomic E-state index is 11.9. The first-order valence-electron chi connectivity index (χ1n) is 6.10. The van der Waals surface area contributed by atoms with Crippen LogP contribution in [0, 0.1) is 5.92 Å². The molecule has 0 aliphatic heterocycles. The first-order chi connectivity index (χ1) is 8.58. The van der Waals surface area contributed by atoms with Gasteiger partial charge in [0.05, 0.1) is 10.6 Å². The van der Waals surface area contributed by atoms with E-state index in [1.54, 1.807) is 0 Å². The van der Waals surface area contributed by atoms with Crippen molar-refractivity contribution in [1.82, 2.24) is 5.32 Å². The molecule has 18 heavy (non-hydrogen) atoms. The number of carbonyl (C=O) groups is 1. The van der Waals surface area contributed by atoms with Gasteiger partial charge >= 0.3 is 0 Å². The minimum Gasteiger partial charge on any atom is -0.508 e. The molecule has 1 fully saturated rings. The second-order valence-electron chi connectivity index (χ2n) is 4.73. The molecule has 0 spiro atoms. The molecular weight excluding hydrogens is 252 g/mol. The molecule has 0 radical (unpaired) electrons. The van der Waals surface area contributed by atoms with Crippen molar-refractivity contribution in [2.45, 2.75) is 25.3 Å². The fourth-order valence-corrected chi connectivity index (χ4v) is 2.53. The number of nitrogens with one attached hydrogen (secondary N) is 1. The summed E-state index contributed by atoms with van der Waals surface area (Å²) >= 11 is 5.92.